The predicted octanol–water partition coefficient (Wildman–Crippen LogP) is 6.70. The van der Waals surface area contributed by atoms with Crippen molar-refractivity contribution in [2.24, 2.45) is 0 Å². The number of anilines is 3. The van der Waals surface area contributed by atoms with E-state index in [9.17, 15) is 20.2 Å². The normalized spacial score (nSPS) is 9.58. The van der Waals surface area contributed by atoms with Crippen molar-refractivity contribution < 1.29 is 18.9 Å². The van der Waals surface area contributed by atoms with Crippen LogP contribution in [0.1, 0.15) is 29.9 Å². The number of aromatic nitrogens is 2. The quantitative estimate of drug-likeness (QED) is 0.218. The number of rotatable bonds is 4. The number of nitrogens with two attached hydrogens (primary N) is 1. The third-order valence-electron chi connectivity index (χ3n) is 4.18. The predicted molar refractivity (Wildman–Crippen MR) is 138 cm³/mol. The Morgan fingerprint density at radius 2 is 1.36 bits per heavy atom. The Labute approximate surface area is 212 Å². The van der Waals surface area contributed by atoms with Gasteiger partial charge >= 0.3 is 0 Å². The van der Waals surface area contributed by atoms with E-state index in [-0.39, 0.29) is 23.8 Å². The molecule has 12 nitrogen and oxygen atoms in total. The number of nitrogens with zero attached hydrogens (tertiary/aromatic N) is 4. The summed E-state index contributed by atoms with van der Waals surface area (Å²) < 4.78 is 9.45. The highest BCUT2D eigenvalue weighted by atomic mass is 35.5. The van der Waals surface area contributed by atoms with Crippen molar-refractivity contribution >= 4 is 40.4 Å². The maximum atomic E-state index is 10.8. The Bertz CT molecular complexity index is 1300. The van der Waals surface area contributed by atoms with Gasteiger partial charge in [-0.2, -0.15) is 0 Å². The third kappa shape index (κ3) is 9.06. The summed E-state index contributed by atoms with van der Waals surface area (Å²) in [5.41, 5.74) is 8.87. The van der Waals surface area contributed by atoms with Gasteiger partial charge in [0.25, 0.3) is 11.4 Å². The second-order valence-electron chi connectivity index (χ2n) is 7.32. The number of nitrogen functional groups attached to an aromatic ring is 1. The molecule has 0 atom stereocenters. The van der Waals surface area contributed by atoms with Crippen molar-refractivity contribution in [3.8, 4) is 0 Å². The topological polar surface area (TPSA) is 176 Å². The first-order chi connectivity index (χ1) is 16.5. The molecule has 0 aliphatic carbocycles. The van der Waals surface area contributed by atoms with Crippen molar-refractivity contribution in [1.29, 1.82) is 0 Å². The maximum absolute atomic E-state index is 10.8. The summed E-state index contributed by atoms with van der Waals surface area (Å²) in [4.78, 5) is 20.2. The van der Waals surface area contributed by atoms with E-state index in [4.69, 9.17) is 21.9 Å². The van der Waals surface area contributed by atoms with Crippen LogP contribution in [-0.4, -0.2) is 20.2 Å². The van der Waals surface area contributed by atoms with Crippen molar-refractivity contribution in [3.63, 3.8) is 0 Å². The highest BCUT2D eigenvalue weighted by Crippen LogP contribution is 2.28. The lowest BCUT2D eigenvalue weighted by molar-refractivity contribution is -0.384. The van der Waals surface area contributed by atoms with E-state index >= 15 is 0 Å². The van der Waals surface area contributed by atoms with Crippen molar-refractivity contribution in [3.05, 3.63) is 96.3 Å². The van der Waals surface area contributed by atoms with E-state index in [1.54, 1.807) is 43.3 Å². The lowest BCUT2D eigenvalue weighted by atomic mass is 10.2. The van der Waals surface area contributed by atoms with E-state index < -0.39 is 9.85 Å². The Kier molecular flexibility index (Phi) is 11.0. The zero-order valence-corrected chi connectivity index (χ0v) is 20.1. The SMILES string of the molecule is C.Cc1cc(N)on1.Cc1ccc([N+](=O)[O-])c(Cl)c1.Cc1ccc([N+](=O)[O-])c(Nc2cc(C)no2)c1. The van der Waals surface area contributed by atoms with Gasteiger partial charge in [-0.05, 0) is 51.0 Å². The number of hydrogen-bond donors (Lipinski definition) is 2. The van der Waals surface area contributed by atoms with Crippen LogP contribution in [0.5, 0.6) is 0 Å². The smallest absolute Gasteiger partial charge is 0.292 e. The molecule has 0 spiro atoms. The Morgan fingerprint density at radius 3 is 1.78 bits per heavy atom. The first kappa shape index (κ1) is 29.6. The maximum Gasteiger partial charge on any atom is 0.292 e. The summed E-state index contributed by atoms with van der Waals surface area (Å²) in [5.74, 6) is 0.758. The zero-order valence-electron chi connectivity index (χ0n) is 19.3. The van der Waals surface area contributed by atoms with E-state index in [1.807, 2.05) is 20.8 Å². The molecule has 2 heterocycles. The summed E-state index contributed by atoms with van der Waals surface area (Å²) in [6.07, 6.45) is 0. The molecule has 13 heteroatoms. The van der Waals surface area contributed by atoms with Gasteiger partial charge in [-0.3, -0.25) is 20.2 Å². The van der Waals surface area contributed by atoms with Gasteiger partial charge in [-0.1, -0.05) is 41.5 Å². The average molecular weight is 519 g/mol. The molecule has 3 N–H and O–H groups in total. The van der Waals surface area contributed by atoms with Crippen LogP contribution in [0, 0.1) is 47.9 Å². The Hall–Kier alpha value is -4.45. The number of benzene rings is 2. The van der Waals surface area contributed by atoms with Crippen LogP contribution >= 0.6 is 11.6 Å². The first-order valence-corrected chi connectivity index (χ1v) is 10.4. The monoisotopic (exact) mass is 518 g/mol. The number of nitro benzene ring substituents is 2. The molecular formula is C23H27ClN6O6. The van der Waals surface area contributed by atoms with Crippen LogP contribution in [-0.2, 0) is 0 Å². The largest absolute Gasteiger partial charge is 0.368 e. The number of nitrogens with one attached hydrogen (secondary N) is 1. The van der Waals surface area contributed by atoms with Crippen LogP contribution < -0.4 is 11.1 Å². The molecule has 0 saturated heterocycles. The minimum atomic E-state index is -0.498. The first-order valence-electron chi connectivity index (χ1n) is 10.0. The number of hydrogen-bond acceptors (Lipinski definition) is 10. The van der Waals surface area contributed by atoms with Crippen LogP contribution in [0.25, 0.3) is 0 Å². The second kappa shape index (κ2) is 13.4. The van der Waals surface area contributed by atoms with Crippen LogP contribution in [0.4, 0.5) is 28.8 Å². The lowest BCUT2D eigenvalue weighted by Crippen LogP contribution is -1.96. The molecule has 2 aromatic carbocycles. The van der Waals surface area contributed by atoms with Crippen LogP contribution in [0.3, 0.4) is 0 Å². The fourth-order valence-electron chi connectivity index (χ4n) is 2.61. The molecule has 0 radical (unpaired) electrons. The van der Waals surface area contributed by atoms with E-state index in [2.05, 4.69) is 20.2 Å². The summed E-state index contributed by atoms with van der Waals surface area (Å²) >= 11 is 5.58. The molecular weight excluding hydrogens is 492 g/mol. The van der Waals surface area contributed by atoms with Gasteiger partial charge in [0.15, 0.2) is 0 Å². The molecule has 4 aromatic rings. The number of nitro groups is 2. The summed E-state index contributed by atoms with van der Waals surface area (Å²) in [5, 5.41) is 31.4. The van der Waals surface area contributed by atoms with Gasteiger partial charge in [-0.15, -0.1) is 0 Å². The summed E-state index contributed by atoms with van der Waals surface area (Å²) in [7, 11) is 0. The molecule has 0 unspecified atom stereocenters. The average Bonchev–Trinajstić information content (AvgIpc) is 3.35. The number of halogens is 1. The van der Waals surface area contributed by atoms with Crippen LogP contribution in [0.2, 0.25) is 5.02 Å². The van der Waals surface area contributed by atoms with Gasteiger partial charge in [0.2, 0.25) is 11.8 Å². The molecule has 0 bridgehead atoms. The Balaban J connectivity index is 0.000000293. The van der Waals surface area contributed by atoms with Gasteiger partial charge in [-0.25, -0.2) is 0 Å². The Morgan fingerprint density at radius 1 is 0.833 bits per heavy atom. The highest BCUT2D eigenvalue weighted by molar-refractivity contribution is 6.32. The molecule has 0 saturated carbocycles. The van der Waals surface area contributed by atoms with E-state index in [0.29, 0.717) is 23.1 Å². The highest BCUT2D eigenvalue weighted by Gasteiger charge is 2.15. The molecule has 2 aromatic heterocycles. The molecule has 192 valence electrons. The van der Waals surface area contributed by atoms with Crippen molar-refractivity contribution in [2.75, 3.05) is 11.1 Å². The fourth-order valence-corrected chi connectivity index (χ4v) is 2.91. The van der Waals surface area contributed by atoms with Gasteiger partial charge in [0.1, 0.15) is 10.7 Å². The molecule has 4 rings (SSSR count). The van der Waals surface area contributed by atoms with Gasteiger partial charge < -0.3 is 20.1 Å². The van der Waals surface area contributed by atoms with Gasteiger partial charge in [0, 0.05) is 24.3 Å². The lowest BCUT2D eigenvalue weighted by Gasteiger charge is -2.04. The van der Waals surface area contributed by atoms with Gasteiger partial charge in [0.05, 0.1) is 21.2 Å². The van der Waals surface area contributed by atoms with Crippen molar-refractivity contribution in [2.45, 2.75) is 35.1 Å². The van der Waals surface area contributed by atoms with Crippen LogP contribution in [0.15, 0.2) is 57.6 Å². The van der Waals surface area contributed by atoms with E-state index in [1.165, 1.54) is 12.1 Å². The molecule has 0 aliphatic heterocycles. The zero-order chi connectivity index (χ0) is 26.1. The standard InChI is InChI=1S/C11H11N3O3.C7H6ClNO2.C4H6N2O.CH4/c1-7-3-4-10(14(15)16)9(5-7)12-11-6-8(2)13-17-11;1-5-2-3-7(9(10)11)6(8)4-5;1-3-2-4(5)7-6-3;/h3-6,12H,1-2H3;2-4H,1H3;2H,5H2,1H3;1H4. The third-order valence-corrected chi connectivity index (χ3v) is 4.48. The fraction of sp³-hybridized carbons (Fsp3) is 0.217. The summed E-state index contributed by atoms with van der Waals surface area (Å²) in [6.45, 7) is 7.29. The van der Waals surface area contributed by atoms with Crippen molar-refractivity contribution in [1.82, 2.24) is 10.3 Å². The molecule has 0 fully saturated rings. The molecule has 36 heavy (non-hydrogen) atoms. The minimum Gasteiger partial charge on any atom is -0.368 e. The van der Waals surface area contributed by atoms with E-state index in [0.717, 1.165) is 16.8 Å². The molecule has 0 aliphatic rings. The number of aryl methyl sites for hydroxylation is 4. The minimum absolute atomic E-state index is 0. The second-order valence-corrected chi connectivity index (χ2v) is 7.73. The summed E-state index contributed by atoms with van der Waals surface area (Å²) in [6, 6.07) is 12.8. The molecule has 0 amide bonds.